The molecule has 1 aromatic carbocycles. The summed E-state index contributed by atoms with van der Waals surface area (Å²) in [6.07, 6.45) is 0.755. The molecule has 1 N–H and O–H groups in total. The zero-order valence-electron chi connectivity index (χ0n) is 11.3. The summed E-state index contributed by atoms with van der Waals surface area (Å²) in [6, 6.07) is 9.78. The first-order valence-corrected chi connectivity index (χ1v) is 6.54. The van der Waals surface area contributed by atoms with Crippen LogP contribution in [0.4, 0.5) is 17.2 Å². The van der Waals surface area contributed by atoms with Crippen LogP contribution < -0.4 is 10.2 Å². The Bertz CT molecular complexity index is 569. The highest BCUT2D eigenvalue weighted by Gasteiger charge is 2.06. The van der Waals surface area contributed by atoms with Crippen LogP contribution in [0.25, 0.3) is 0 Å². The molecular formula is C14H17ClN4. The van der Waals surface area contributed by atoms with Gasteiger partial charge in [-0.2, -0.15) is 0 Å². The van der Waals surface area contributed by atoms with Gasteiger partial charge < -0.3 is 10.2 Å². The minimum atomic E-state index is 0.455. The molecule has 0 spiro atoms. The third kappa shape index (κ3) is 3.35. The Kier molecular flexibility index (Phi) is 4.22. The average Bonchev–Trinajstić information content (AvgIpc) is 2.38. The number of rotatable bonds is 4. The van der Waals surface area contributed by atoms with E-state index in [1.54, 1.807) is 6.07 Å². The van der Waals surface area contributed by atoms with Gasteiger partial charge in [-0.3, -0.25) is 0 Å². The van der Waals surface area contributed by atoms with E-state index >= 15 is 0 Å². The van der Waals surface area contributed by atoms with E-state index in [4.69, 9.17) is 11.6 Å². The quantitative estimate of drug-likeness (QED) is 0.868. The first kappa shape index (κ1) is 13.6. The van der Waals surface area contributed by atoms with Crippen LogP contribution in [0.15, 0.2) is 30.3 Å². The second-order valence-corrected chi connectivity index (χ2v) is 4.77. The number of aryl methyl sites for hydroxylation is 1. The van der Waals surface area contributed by atoms with E-state index in [9.17, 15) is 0 Å². The van der Waals surface area contributed by atoms with Crippen molar-refractivity contribution in [2.24, 2.45) is 0 Å². The van der Waals surface area contributed by atoms with E-state index in [0.29, 0.717) is 11.0 Å². The monoisotopic (exact) mass is 276 g/mol. The molecule has 2 aromatic rings. The van der Waals surface area contributed by atoms with E-state index in [-0.39, 0.29) is 0 Å². The highest BCUT2D eigenvalue weighted by Crippen LogP contribution is 2.27. The highest BCUT2D eigenvalue weighted by molar-refractivity contribution is 6.29. The molecule has 1 aromatic heterocycles. The Morgan fingerprint density at radius 1 is 1.21 bits per heavy atom. The van der Waals surface area contributed by atoms with Gasteiger partial charge in [-0.05, 0) is 12.1 Å². The minimum absolute atomic E-state index is 0.455. The molecule has 0 aliphatic carbocycles. The fraction of sp³-hybridized carbons (Fsp3) is 0.286. The molecule has 0 fully saturated rings. The van der Waals surface area contributed by atoms with Crippen LogP contribution in [0.2, 0.25) is 5.15 Å². The zero-order valence-corrected chi connectivity index (χ0v) is 12.1. The fourth-order valence-electron chi connectivity index (χ4n) is 1.79. The van der Waals surface area contributed by atoms with Gasteiger partial charge in [0.05, 0.1) is 11.4 Å². The molecule has 0 atom stereocenters. The molecule has 2 rings (SSSR count). The predicted molar refractivity (Wildman–Crippen MR) is 80.5 cm³/mol. The molecule has 0 bridgehead atoms. The number of aromatic nitrogens is 2. The predicted octanol–water partition coefficient (Wildman–Crippen LogP) is 3.50. The maximum Gasteiger partial charge on any atom is 0.135 e. The van der Waals surface area contributed by atoms with Crippen LogP contribution in [-0.2, 0) is 6.42 Å². The average molecular weight is 277 g/mol. The van der Waals surface area contributed by atoms with E-state index in [2.05, 4.69) is 15.3 Å². The lowest BCUT2D eigenvalue weighted by atomic mass is 10.2. The minimum Gasteiger partial charge on any atom is -0.376 e. The van der Waals surface area contributed by atoms with Crippen LogP contribution in [-0.4, -0.2) is 24.1 Å². The van der Waals surface area contributed by atoms with Crippen molar-refractivity contribution < 1.29 is 0 Å². The molecular weight excluding hydrogens is 260 g/mol. The summed E-state index contributed by atoms with van der Waals surface area (Å²) in [5.41, 5.74) is 2.08. The van der Waals surface area contributed by atoms with E-state index in [1.807, 2.05) is 50.2 Å². The first-order chi connectivity index (χ1) is 9.10. The van der Waals surface area contributed by atoms with Crippen molar-refractivity contribution in [1.29, 1.82) is 0 Å². The van der Waals surface area contributed by atoms with Gasteiger partial charge in [0.25, 0.3) is 0 Å². The third-order valence-electron chi connectivity index (χ3n) is 2.71. The molecule has 0 unspecified atom stereocenters. The van der Waals surface area contributed by atoms with Gasteiger partial charge in [0, 0.05) is 26.6 Å². The van der Waals surface area contributed by atoms with Crippen molar-refractivity contribution >= 4 is 28.8 Å². The van der Waals surface area contributed by atoms with Crippen molar-refractivity contribution in [3.63, 3.8) is 0 Å². The summed E-state index contributed by atoms with van der Waals surface area (Å²) in [7, 11) is 4.01. The lowest BCUT2D eigenvalue weighted by Gasteiger charge is -2.18. The number of anilines is 3. The number of nitrogens with one attached hydrogen (secondary N) is 1. The van der Waals surface area contributed by atoms with Gasteiger partial charge in [0.2, 0.25) is 0 Å². The number of hydrogen-bond donors (Lipinski definition) is 1. The summed E-state index contributed by atoms with van der Waals surface area (Å²) >= 11 is 6.00. The summed E-state index contributed by atoms with van der Waals surface area (Å²) < 4.78 is 0. The van der Waals surface area contributed by atoms with Gasteiger partial charge >= 0.3 is 0 Å². The number of benzene rings is 1. The van der Waals surface area contributed by atoms with E-state index in [1.165, 1.54) is 0 Å². The molecule has 19 heavy (non-hydrogen) atoms. The fourth-order valence-corrected chi connectivity index (χ4v) is 2.00. The molecule has 0 saturated heterocycles. The second kappa shape index (κ2) is 5.89. The topological polar surface area (TPSA) is 41.1 Å². The molecule has 4 nitrogen and oxygen atoms in total. The summed E-state index contributed by atoms with van der Waals surface area (Å²) in [6.45, 7) is 2.00. The number of halogens is 1. The van der Waals surface area contributed by atoms with Gasteiger partial charge in [0.1, 0.15) is 16.8 Å². The molecule has 5 heteroatoms. The standard InChI is InChI=1S/C14H17ClN4/c1-4-13-17-12(15)9-14(18-13)16-10-7-5-6-8-11(10)19(2)3/h5-9H,4H2,1-3H3,(H,16,17,18). The Morgan fingerprint density at radius 3 is 2.63 bits per heavy atom. The van der Waals surface area contributed by atoms with Crippen molar-refractivity contribution in [3.8, 4) is 0 Å². The number of nitrogens with zero attached hydrogens (tertiary/aromatic N) is 3. The summed E-state index contributed by atoms with van der Waals surface area (Å²) in [4.78, 5) is 10.6. The highest BCUT2D eigenvalue weighted by atomic mass is 35.5. The number of para-hydroxylation sites is 2. The smallest absolute Gasteiger partial charge is 0.135 e. The van der Waals surface area contributed by atoms with Crippen LogP contribution in [0.1, 0.15) is 12.7 Å². The summed E-state index contributed by atoms with van der Waals surface area (Å²) in [5, 5.41) is 3.75. The molecule has 1 heterocycles. The maximum absolute atomic E-state index is 6.00. The zero-order chi connectivity index (χ0) is 13.8. The Balaban J connectivity index is 2.33. The molecule has 0 radical (unpaired) electrons. The largest absolute Gasteiger partial charge is 0.376 e. The molecule has 0 aliphatic heterocycles. The van der Waals surface area contributed by atoms with Crippen molar-refractivity contribution in [1.82, 2.24) is 9.97 Å². The van der Waals surface area contributed by atoms with Crippen molar-refractivity contribution in [2.75, 3.05) is 24.3 Å². The van der Waals surface area contributed by atoms with E-state index < -0.39 is 0 Å². The lowest BCUT2D eigenvalue weighted by molar-refractivity contribution is 0.943. The van der Waals surface area contributed by atoms with Crippen LogP contribution in [0.3, 0.4) is 0 Å². The molecule has 0 aliphatic rings. The third-order valence-corrected chi connectivity index (χ3v) is 2.90. The van der Waals surface area contributed by atoms with Crippen molar-refractivity contribution in [2.45, 2.75) is 13.3 Å². The Labute approximate surface area is 118 Å². The van der Waals surface area contributed by atoms with Crippen LogP contribution >= 0.6 is 11.6 Å². The SMILES string of the molecule is CCc1nc(Cl)cc(Nc2ccccc2N(C)C)n1. The first-order valence-electron chi connectivity index (χ1n) is 6.17. The van der Waals surface area contributed by atoms with Crippen molar-refractivity contribution in [3.05, 3.63) is 41.3 Å². The molecule has 100 valence electrons. The summed E-state index contributed by atoms with van der Waals surface area (Å²) in [5.74, 6) is 1.45. The van der Waals surface area contributed by atoms with Gasteiger partial charge in [0.15, 0.2) is 0 Å². The Hall–Kier alpha value is -1.81. The number of hydrogen-bond acceptors (Lipinski definition) is 4. The van der Waals surface area contributed by atoms with E-state index in [0.717, 1.165) is 23.6 Å². The Morgan fingerprint density at radius 2 is 1.95 bits per heavy atom. The van der Waals surface area contributed by atoms with Gasteiger partial charge in [-0.25, -0.2) is 9.97 Å². The lowest BCUT2D eigenvalue weighted by Crippen LogP contribution is -2.11. The van der Waals surface area contributed by atoms with Crippen LogP contribution in [0, 0.1) is 0 Å². The maximum atomic E-state index is 6.00. The second-order valence-electron chi connectivity index (χ2n) is 4.38. The van der Waals surface area contributed by atoms with Gasteiger partial charge in [-0.15, -0.1) is 0 Å². The molecule has 0 amide bonds. The van der Waals surface area contributed by atoms with Gasteiger partial charge in [-0.1, -0.05) is 30.7 Å². The normalized spacial score (nSPS) is 10.3. The molecule has 0 saturated carbocycles. The van der Waals surface area contributed by atoms with Crippen LogP contribution in [0.5, 0.6) is 0 Å².